The van der Waals surface area contributed by atoms with Crippen molar-refractivity contribution in [3.05, 3.63) is 29.8 Å². The van der Waals surface area contributed by atoms with Crippen LogP contribution in [0.15, 0.2) is 22.9 Å². The molecule has 1 saturated heterocycles. The van der Waals surface area contributed by atoms with Crippen LogP contribution in [0.3, 0.4) is 0 Å². The summed E-state index contributed by atoms with van der Waals surface area (Å²) in [5.74, 6) is 1.99. The number of nitrogens with zero attached hydrogens (tertiary/aromatic N) is 4. The van der Waals surface area contributed by atoms with Crippen LogP contribution in [0.25, 0.3) is 0 Å². The van der Waals surface area contributed by atoms with Gasteiger partial charge in [0.2, 0.25) is 0 Å². The summed E-state index contributed by atoms with van der Waals surface area (Å²) in [5, 5.41) is 4.07. The van der Waals surface area contributed by atoms with Gasteiger partial charge in [-0.2, -0.15) is 4.98 Å². The smallest absolute Gasteiger partial charge is 0.324 e. The highest BCUT2D eigenvalue weighted by Crippen LogP contribution is 2.29. The van der Waals surface area contributed by atoms with Crippen molar-refractivity contribution in [3.63, 3.8) is 0 Å². The molecule has 2 aliphatic rings. The number of hydrogen-bond acceptors (Lipinski definition) is 7. The van der Waals surface area contributed by atoms with Gasteiger partial charge in [-0.1, -0.05) is 19.0 Å². The van der Waals surface area contributed by atoms with Crippen molar-refractivity contribution in [1.82, 2.24) is 15.1 Å². The highest BCUT2D eigenvalue weighted by molar-refractivity contribution is 5.26. The molecule has 0 spiro atoms. The zero-order chi connectivity index (χ0) is 20.2. The van der Waals surface area contributed by atoms with Gasteiger partial charge in [0.15, 0.2) is 5.82 Å². The van der Waals surface area contributed by atoms with Gasteiger partial charge in [-0.3, -0.25) is 4.98 Å². The Balaban J connectivity index is 1.18. The maximum atomic E-state index is 6.42. The second-order valence-corrected chi connectivity index (χ2v) is 8.56. The molecule has 29 heavy (non-hydrogen) atoms. The molecular formula is C22H32N4O3. The minimum atomic E-state index is 0.283. The lowest BCUT2D eigenvalue weighted by Crippen LogP contribution is -2.39. The van der Waals surface area contributed by atoms with Gasteiger partial charge in [-0.15, -0.1) is 0 Å². The highest BCUT2D eigenvalue weighted by Gasteiger charge is 2.29. The summed E-state index contributed by atoms with van der Waals surface area (Å²) in [6.45, 7) is 7.96. The van der Waals surface area contributed by atoms with Crippen LogP contribution in [-0.2, 0) is 4.74 Å². The first-order valence-corrected chi connectivity index (χ1v) is 10.9. The summed E-state index contributed by atoms with van der Waals surface area (Å²) in [6.07, 6.45) is 9.00. The van der Waals surface area contributed by atoms with Gasteiger partial charge in [0, 0.05) is 37.0 Å². The second kappa shape index (κ2) is 9.11. The third-order valence-electron chi connectivity index (χ3n) is 5.84. The van der Waals surface area contributed by atoms with Gasteiger partial charge in [0.1, 0.15) is 5.75 Å². The summed E-state index contributed by atoms with van der Waals surface area (Å²) in [6, 6.07) is 4.59. The molecule has 1 aliphatic heterocycles. The third kappa shape index (κ3) is 5.26. The number of aromatic nitrogens is 3. The van der Waals surface area contributed by atoms with Crippen LogP contribution in [0.5, 0.6) is 5.75 Å². The number of pyridine rings is 1. The zero-order valence-corrected chi connectivity index (χ0v) is 17.7. The van der Waals surface area contributed by atoms with Crippen molar-refractivity contribution in [2.45, 2.75) is 83.5 Å². The molecule has 7 nitrogen and oxygen atoms in total. The van der Waals surface area contributed by atoms with Crippen molar-refractivity contribution >= 4 is 6.01 Å². The molecule has 3 heterocycles. The Morgan fingerprint density at radius 1 is 1.03 bits per heavy atom. The van der Waals surface area contributed by atoms with E-state index in [0.717, 1.165) is 68.9 Å². The van der Waals surface area contributed by atoms with Crippen molar-refractivity contribution in [1.29, 1.82) is 0 Å². The minimum Gasteiger partial charge on any atom is -0.490 e. The summed E-state index contributed by atoms with van der Waals surface area (Å²) in [5.41, 5.74) is 0.992. The topological polar surface area (TPSA) is 73.5 Å². The van der Waals surface area contributed by atoms with Crippen LogP contribution in [0.1, 0.15) is 69.8 Å². The third-order valence-corrected chi connectivity index (χ3v) is 5.84. The lowest BCUT2D eigenvalue weighted by molar-refractivity contribution is -0.0530. The van der Waals surface area contributed by atoms with Crippen LogP contribution in [0, 0.1) is 6.92 Å². The largest absolute Gasteiger partial charge is 0.490 e. The molecule has 0 radical (unpaired) electrons. The Kier molecular flexibility index (Phi) is 6.33. The van der Waals surface area contributed by atoms with Crippen LogP contribution in [0.2, 0.25) is 0 Å². The number of rotatable bonds is 6. The second-order valence-electron chi connectivity index (χ2n) is 8.56. The number of anilines is 1. The van der Waals surface area contributed by atoms with Crippen molar-refractivity contribution in [2.75, 3.05) is 18.0 Å². The molecule has 7 heteroatoms. The van der Waals surface area contributed by atoms with E-state index in [1.807, 2.05) is 25.3 Å². The predicted octanol–water partition coefficient (Wildman–Crippen LogP) is 4.27. The Morgan fingerprint density at radius 2 is 1.72 bits per heavy atom. The molecule has 2 aromatic heterocycles. The Morgan fingerprint density at radius 3 is 2.38 bits per heavy atom. The summed E-state index contributed by atoms with van der Waals surface area (Å²) in [4.78, 5) is 10.9. The SMILES string of the molecule is Cc1cc(OC2CCC(OC3CCN(c4nc(C(C)C)no4)CC3)CC2)ccn1. The van der Waals surface area contributed by atoms with E-state index >= 15 is 0 Å². The number of hydrogen-bond donors (Lipinski definition) is 0. The van der Waals surface area contributed by atoms with E-state index in [-0.39, 0.29) is 12.0 Å². The van der Waals surface area contributed by atoms with Gasteiger partial charge < -0.3 is 18.9 Å². The molecule has 2 aromatic rings. The van der Waals surface area contributed by atoms with E-state index in [9.17, 15) is 0 Å². The van der Waals surface area contributed by atoms with E-state index in [4.69, 9.17) is 14.0 Å². The van der Waals surface area contributed by atoms with Gasteiger partial charge in [-0.25, -0.2) is 0 Å². The molecule has 0 amide bonds. The zero-order valence-electron chi connectivity index (χ0n) is 17.7. The number of aryl methyl sites for hydroxylation is 1. The fourth-order valence-corrected chi connectivity index (χ4v) is 4.12. The Labute approximate surface area is 172 Å². The average Bonchev–Trinajstić information content (AvgIpc) is 3.21. The van der Waals surface area contributed by atoms with Gasteiger partial charge in [0.25, 0.3) is 0 Å². The predicted molar refractivity (Wildman–Crippen MR) is 110 cm³/mol. The molecule has 4 rings (SSSR count). The van der Waals surface area contributed by atoms with Crippen molar-refractivity contribution in [2.24, 2.45) is 0 Å². The van der Waals surface area contributed by atoms with Crippen LogP contribution < -0.4 is 9.64 Å². The fraction of sp³-hybridized carbons (Fsp3) is 0.682. The molecule has 0 bridgehead atoms. The summed E-state index contributed by atoms with van der Waals surface area (Å²) >= 11 is 0. The van der Waals surface area contributed by atoms with Crippen LogP contribution in [0.4, 0.5) is 6.01 Å². The lowest BCUT2D eigenvalue weighted by Gasteiger charge is -2.35. The first-order chi connectivity index (χ1) is 14.1. The molecule has 1 aliphatic carbocycles. The average molecular weight is 401 g/mol. The molecule has 2 fully saturated rings. The van der Waals surface area contributed by atoms with E-state index < -0.39 is 0 Å². The Bertz CT molecular complexity index is 778. The molecule has 0 atom stereocenters. The van der Waals surface area contributed by atoms with Crippen LogP contribution >= 0.6 is 0 Å². The van der Waals surface area contributed by atoms with E-state index in [2.05, 4.69) is 33.9 Å². The number of ether oxygens (including phenoxy) is 2. The van der Waals surface area contributed by atoms with Crippen molar-refractivity contribution < 1.29 is 14.0 Å². The first kappa shape index (κ1) is 20.1. The van der Waals surface area contributed by atoms with Crippen LogP contribution in [-0.4, -0.2) is 46.5 Å². The molecular weight excluding hydrogens is 368 g/mol. The van der Waals surface area contributed by atoms with Crippen molar-refractivity contribution in [3.8, 4) is 5.75 Å². The monoisotopic (exact) mass is 400 g/mol. The molecule has 158 valence electrons. The quantitative estimate of drug-likeness (QED) is 0.717. The van der Waals surface area contributed by atoms with E-state index in [0.29, 0.717) is 18.2 Å². The van der Waals surface area contributed by atoms with Gasteiger partial charge >= 0.3 is 6.01 Å². The molecule has 1 saturated carbocycles. The standard InChI is InChI=1S/C22H32N4O3/c1-15(2)21-24-22(29-25-21)26-12-9-19(10-13-26)27-17-4-6-18(7-5-17)28-20-8-11-23-16(3)14-20/h8,11,14-15,17-19H,4-7,9-10,12-13H2,1-3H3. The molecule has 0 aromatic carbocycles. The minimum absolute atomic E-state index is 0.283. The highest BCUT2D eigenvalue weighted by atomic mass is 16.5. The molecule has 0 N–H and O–H groups in total. The van der Waals surface area contributed by atoms with Gasteiger partial charge in [0.05, 0.1) is 18.3 Å². The molecule has 0 unspecified atom stereocenters. The maximum absolute atomic E-state index is 6.42. The fourth-order valence-electron chi connectivity index (χ4n) is 4.12. The first-order valence-electron chi connectivity index (χ1n) is 10.9. The summed E-state index contributed by atoms with van der Waals surface area (Å²) in [7, 11) is 0. The van der Waals surface area contributed by atoms with E-state index in [1.54, 1.807) is 0 Å². The normalized spacial score (nSPS) is 23.5. The summed E-state index contributed by atoms with van der Waals surface area (Å²) < 4.78 is 18.0. The Hall–Kier alpha value is -2.15. The number of piperidine rings is 1. The van der Waals surface area contributed by atoms with Gasteiger partial charge in [-0.05, 0) is 51.5 Å². The lowest BCUT2D eigenvalue weighted by atomic mass is 9.94. The maximum Gasteiger partial charge on any atom is 0.324 e. The van der Waals surface area contributed by atoms with E-state index in [1.165, 1.54) is 0 Å².